The molecule has 1 atom stereocenters. The number of rotatable bonds is 7. The fourth-order valence-electron chi connectivity index (χ4n) is 6.72. The van der Waals surface area contributed by atoms with E-state index in [0.717, 1.165) is 72.7 Å². The Hall–Kier alpha value is -6.72. The van der Waals surface area contributed by atoms with Gasteiger partial charge in [0.05, 0.1) is 0 Å². The third-order valence-electron chi connectivity index (χ3n) is 9.11. The highest BCUT2D eigenvalue weighted by atomic mass is 16.3. The third kappa shape index (κ3) is 5.51. The molecule has 238 valence electrons. The Balaban J connectivity index is 1.20. The highest BCUT2D eigenvalue weighted by molar-refractivity contribution is 6.22. The van der Waals surface area contributed by atoms with Gasteiger partial charge in [0.2, 0.25) is 0 Å². The first kappa shape index (κ1) is 29.4. The number of furan rings is 1. The van der Waals surface area contributed by atoms with Crippen LogP contribution in [0.25, 0.3) is 33.1 Å². The number of amidine groups is 2. The van der Waals surface area contributed by atoms with Crippen LogP contribution in [0, 0.1) is 0 Å². The van der Waals surface area contributed by atoms with Crippen LogP contribution in [-0.4, -0.2) is 11.7 Å². The molecule has 0 saturated heterocycles. The average molecular weight is 645 g/mol. The van der Waals surface area contributed by atoms with Crippen molar-refractivity contribution in [1.29, 1.82) is 0 Å². The topological polar surface area (TPSA) is 53.1 Å². The average Bonchev–Trinajstić information content (AvgIpc) is 3.58. The van der Waals surface area contributed by atoms with Crippen molar-refractivity contribution in [3.05, 3.63) is 199 Å². The van der Waals surface area contributed by atoms with Gasteiger partial charge in [-0.3, -0.25) is 0 Å². The largest absolute Gasteiger partial charge is 0.456 e. The second-order valence-electron chi connectivity index (χ2n) is 12.3. The number of fused-ring (bicyclic) bond motifs is 3. The monoisotopic (exact) mass is 644 g/mol. The molecule has 1 aliphatic heterocycles. The molecular weight excluding hydrogens is 613 g/mol. The molecule has 0 spiro atoms. The van der Waals surface area contributed by atoms with E-state index in [4.69, 9.17) is 14.4 Å². The summed E-state index contributed by atoms with van der Waals surface area (Å²) >= 11 is 0. The van der Waals surface area contributed by atoms with Gasteiger partial charge in [-0.2, -0.15) is 0 Å². The first-order valence-electron chi connectivity index (χ1n) is 16.8. The third-order valence-corrected chi connectivity index (χ3v) is 9.11. The zero-order valence-corrected chi connectivity index (χ0v) is 27.1. The van der Waals surface area contributed by atoms with Crippen molar-refractivity contribution in [2.45, 2.75) is 6.17 Å². The molecule has 0 radical (unpaired) electrons. The lowest BCUT2D eigenvalue weighted by atomic mass is 9.97. The van der Waals surface area contributed by atoms with Crippen LogP contribution in [0.15, 0.2) is 196 Å². The number of hydrogen-bond acceptors (Lipinski definition) is 5. The summed E-state index contributed by atoms with van der Waals surface area (Å²) in [5.41, 5.74) is 9.99. The second kappa shape index (κ2) is 12.7. The van der Waals surface area contributed by atoms with Crippen LogP contribution in [0.2, 0.25) is 0 Å². The van der Waals surface area contributed by atoms with Crippen molar-refractivity contribution in [3.8, 4) is 11.1 Å². The molecule has 5 nitrogen and oxygen atoms in total. The zero-order valence-electron chi connectivity index (χ0n) is 27.1. The molecule has 1 N–H and O–H groups in total. The lowest BCUT2D eigenvalue weighted by molar-refractivity contribution is 0.668. The van der Waals surface area contributed by atoms with E-state index in [9.17, 15) is 0 Å². The summed E-state index contributed by atoms with van der Waals surface area (Å²) in [5, 5.41) is 5.63. The maximum absolute atomic E-state index is 6.52. The van der Waals surface area contributed by atoms with Gasteiger partial charge in [0.25, 0.3) is 0 Å². The van der Waals surface area contributed by atoms with Crippen molar-refractivity contribution >= 4 is 50.7 Å². The molecule has 0 saturated carbocycles. The quantitative estimate of drug-likeness (QED) is 0.188. The van der Waals surface area contributed by atoms with Crippen LogP contribution in [-0.2, 0) is 0 Å². The Morgan fingerprint density at radius 3 is 1.76 bits per heavy atom. The van der Waals surface area contributed by atoms with Crippen molar-refractivity contribution < 1.29 is 4.42 Å². The molecule has 0 amide bonds. The molecule has 8 aromatic rings. The van der Waals surface area contributed by atoms with Crippen LogP contribution in [0.4, 0.5) is 17.1 Å². The van der Waals surface area contributed by atoms with Gasteiger partial charge in [-0.1, -0.05) is 127 Å². The summed E-state index contributed by atoms with van der Waals surface area (Å²) in [7, 11) is 0. The van der Waals surface area contributed by atoms with Crippen LogP contribution >= 0.6 is 0 Å². The molecule has 1 aliphatic rings. The summed E-state index contributed by atoms with van der Waals surface area (Å²) in [6.45, 7) is 0. The molecule has 5 heteroatoms. The Labute approximate surface area is 290 Å². The number of nitrogens with one attached hydrogen (secondary N) is 1. The second-order valence-corrected chi connectivity index (χ2v) is 12.3. The van der Waals surface area contributed by atoms with Crippen molar-refractivity contribution in [1.82, 2.24) is 5.32 Å². The number of anilines is 3. The summed E-state index contributed by atoms with van der Waals surface area (Å²) in [6.07, 6.45) is -0.308. The number of hydrogen-bond donors (Lipinski definition) is 1. The maximum Gasteiger partial charge on any atom is 0.160 e. The summed E-state index contributed by atoms with van der Waals surface area (Å²) < 4.78 is 6.52. The minimum absolute atomic E-state index is 0.308. The van der Waals surface area contributed by atoms with E-state index in [0.29, 0.717) is 5.84 Å². The van der Waals surface area contributed by atoms with Gasteiger partial charge < -0.3 is 14.6 Å². The van der Waals surface area contributed by atoms with E-state index in [2.05, 4.69) is 132 Å². The fraction of sp³-hybridized carbons (Fsp3) is 0.0222. The molecule has 1 aromatic heterocycles. The molecule has 0 fully saturated rings. The van der Waals surface area contributed by atoms with Crippen LogP contribution in [0.5, 0.6) is 0 Å². The number of para-hydroxylation sites is 3. The van der Waals surface area contributed by atoms with Gasteiger partial charge in [-0.05, 0) is 71.3 Å². The first-order valence-corrected chi connectivity index (χ1v) is 16.8. The molecule has 0 bridgehead atoms. The van der Waals surface area contributed by atoms with E-state index < -0.39 is 0 Å². The highest BCUT2D eigenvalue weighted by Crippen LogP contribution is 2.39. The molecular formula is C45H32N4O. The molecule has 0 aliphatic carbocycles. The van der Waals surface area contributed by atoms with Gasteiger partial charge in [0, 0.05) is 39.0 Å². The van der Waals surface area contributed by atoms with Crippen LogP contribution < -0.4 is 10.2 Å². The summed E-state index contributed by atoms with van der Waals surface area (Å²) in [5.74, 6) is 1.44. The maximum atomic E-state index is 6.52. The summed E-state index contributed by atoms with van der Waals surface area (Å²) in [4.78, 5) is 12.7. The van der Waals surface area contributed by atoms with Crippen molar-refractivity contribution in [3.63, 3.8) is 0 Å². The lowest BCUT2D eigenvalue weighted by Crippen LogP contribution is -2.33. The predicted octanol–water partition coefficient (Wildman–Crippen LogP) is 11.2. The molecule has 50 heavy (non-hydrogen) atoms. The Morgan fingerprint density at radius 1 is 0.500 bits per heavy atom. The summed E-state index contributed by atoms with van der Waals surface area (Å²) in [6, 6.07) is 62.7. The molecule has 1 unspecified atom stereocenters. The van der Waals surface area contributed by atoms with Crippen LogP contribution in [0.1, 0.15) is 22.9 Å². The minimum Gasteiger partial charge on any atom is -0.456 e. The Morgan fingerprint density at radius 2 is 1.08 bits per heavy atom. The fourth-order valence-corrected chi connectivity index (χ4v) is 6.72. The Kier molecular flexibility index (Phi) is 7.48. The predicted molar refractivity (Wildman–Crippen MR) is 206 cm³/mol. The normalized spacial score (nSPS) is 14.2. The Bertz CT molecular complexity index is 2450. The number of benzene rings is 7. The van der Waals surface area contributed by atoms with E-state index in [-0.39, 0.29) is 6.17 Å². The van der Waals surface area contributed by atoms with Gasteiger partial charge in [0.15, 0.2) is 5.84 Å². The van der Waals surface area contributed by atoms with Crippen molar-refractivity contribution in [2.24, 2.45) is 9.98 Å². The standard InChI is InChI=1S/C45H32N4O/c1-5-15-32(16-6-1)43-46-44(33-17-7-2-8-18-33)48-45(47-43)39-29-34(30-41-42(39)38-23-13-14-24-40(38)50-41)31-25-27-37(28-26-31)49(35-19-9-3-10-20-35)36-21-11-4-12-22-36/h1-30,43H,(H,46,47,48). The van der Waals surface area contributed by atoms with Crippen molar-refractivity contribution in [2.75, 3.05) is 4.90 Å². The smallest absolute Gasteiger partial charge is 0.160 e. The zero-order chi connectivity index (χ0) is 33.3. The highest BCUT2D eigenvalue weighted by Gasteiger charge is 2.24. The molecule has 9 rings (SSSR count). The molecule has 2 heterocycles. The van der Waals surface area contributed by atoms with Gasteiger partial charge in [-0.25, -0.2) is 9.98 Å². The SMILES string of the molecule is c1ccc(C2=NC(c3cc(-c4ccc(N(c5ccccc5)c5ccccc5)cc4)cc4oc5ccccc5c34)=NC(c3ccccc3)N2)cc1. The number of nitrogens with zero attached hydrogens (tertiary/aromatic N) is 3. The van der Waals surface area contributed by atoms with E-state index >= 15 is 0 Å². The van der Waals surface area contributed by atoms with E-state index in [1.807, 2.05) is 60.7 Å². The van der Waals surface area contributed by atoms with Gasteiger partial charge in [0.1, 0.15) is 23.2 Å². The lowest BCUT2D eigenvalue weighted by Gasteiger charge is -2.25. The van der Waals surface area contributed by atoms with Crippen LogP contribution in [0.3, 0.4) is 0 Å². The van der Waals surface area contributed by atoms with Gasteiger partial charge in [-0.15, -0.1) is 0 Å². The first-order chi connectivity index (χ1) is 24.8. The van der Waals surface area contributed by atoms with Gasteiger partial charge >= 0.3 is 0 Å². The van der Waals surface area contributed by atoms with E-state index in [1.54, 1.807) is 0 Å². The number of aliphatic imine (C=N–C) groups is 2. The minimum atomic E-state index is -0.308. The molecule has 7 aromatic carbocycles. The van der Waals surface area contributed by atoms with E-state index in [1.165, 1.54) is 0 Å².